The smallest absolute Gasteiger partial charge is 0.238 e. The van der Waals surface area contributed by atoms with Crippen molar-refractivity contribution >= 4 is 51.5 Å². The van der Waals surface area contributed by atoms with Gasteiger partial charge in [-0.2, -0.15) is 0 Å². The van der Waals surface area contributed by atoms with Crippen LogP contribution in [0.25, 0.3) is 10.9 Å². The number of amides is 1. The third kappa shape index (κ3) is 4.16. The summed E-state index contributed by atoms with van der Waals surface area (Å²) in [5.74, 6) is -0.357. The molecule has 0 bridgehead atoms. The number of fused-ring (bicyclic) bond motifs is 1. The van der Waals surface area contributed by atoms with Crippen LogP contribution in [-0.2, 0) is 4.79 Å². The molecule has 3 rings (SSSR count). The van der Waals surface area contributed by atoms with Gasteiger partial charge < -0.3 is 10.3 Å². The van der Waals surface area contributed by atoms with Crippen molar-refractivity contribution in [2.24, 2.45) is 0 Å². The van der Waals surface area contributed by atoms with Crippen LogP contribution in [0, 0.1) is 0 Å². The van der Waals surface area contributed by atoms with E-state index in [2.05, 4.69) is 10.3 Å². The van der Waals surface area contributed by atoms with E-state index < -0.39 is 6.04 Å². The Morgan fingerprint density at radius 3 is 2.48 bits per heavy atom. The van der Waals surface area contributed by atoms with Crippen LogP contribution in [-0.4, -0.2) is 41.2 Å². The predicted octanol–water partition coefficient (Wildman–Crippen LogP) is 4.62. The summed E-state index contributed by atoms with van der Waals surface area (Å²) in [6, 6.07) is 12.1. The predicted molar refractivity (Wildman–Crippen MR) is 110 cm³/mol. The number of rotatable bonds is 6. The number of nitrogens with one attached hydrogen (secondary N) is 2. The summed E-state index contributed by atoms with van der Waals surface area (Å²) >= 11 is 12.2. The molecule has 0 saturated carbocycles. The van der Waals surface area contributed by atoms with E-state index in [-0.39, 0.29) is 18.2 Å². The molecule has 0 aliphatic heterocycles. The van der Waals surface area contributed by atoms with Crippen molar-refractivity contribution in [3.8, 4) is 0 Å². The van der Waals surface area contributed by atoms with E-state index in [0.29, 0.717) is 21.3 Å². The average Bonchev–Trinajstić information content (AvgIpc) is 3.07. The van der Waals surface area contributed by atoms with Gasteiger partial charge in [0.2, 0.25) is 5.91 Å². The lowest BCUT2D eigenvalue weighted by atomic mass is 10.0. The maximum Gasteiger partial charge on any atom is 0.238 e. The number of halogens is 2. The third-order valence-corrected chi connectivity index (χ3v) is 5.15. The number of aromatic nitrogens is 1. The van der Waals surface area contributed by atoms with Crippen molar-refractivity contribution in [3.63, 3.8) is 0 Å². The zero-order chi connectivity index (χ0) is 19.6. The van der Waals surface area contributed by atoms with Crippen LogP contribution >= 0.6 is 23.2 Å². The van der Waals surface area contributed by atoms with E-state index in [1.165, 1.54) is 0 Å². The average molecular weight is 404 g/mol. The Bertz CT molecular complexity index is 980. The second-order valence-corrected chi connectivity index (χ2v) is 7.16. The molecule has 5 nitrogen and oxygen atoms in total. The van der Waals surface area contributed by atoms with Gasteiger partial charge in [-0.3, -0.25) is 14.5 Å². The highest BCUT2D eigenvalue weighted by molar-refractivity contribution is 6.39. The van der Waals surface area contributed by atoms with Crippen molar-refractivity contribution in [1.82, 2.24) is 9.88 Å². The SMILES string of the molecule is CC(C(=O)c1c[nH]c2ccccc12)N(C)CC(=O)Nc1c(Cl)cccc1Cl. The van der Waals surface area contributed by atoms with Crippen molar-refractivity contribution < 1.29 is 9.59 Å². The minimum absolute atomic E-state index is 0.0246. The standard InChI is InChI=1S/C20H19Cl2N3O2/c1-12(20(27)14-10-23-17-9-4-3-6-13(14)17)25(2)11-18(26)24-19-15(21)7-5-8-16(19)22/h3-10,12,23H,11H2,1-2H3,(H,24,26). The first kappa shape index (κ1) is 19.4. The van der Waals surface area contributed by atoms with Gasteiger partial charge in [0.15, 0.2) is 5.78 Å². The molecule has 140 valence electrons. The number of benzene rings is 2. The molecule has 1 atom stereocenters. The lowest BCUT2D eigenvalue weighted by Gasteiger charge is -2.23. The first-order valence-corrected chi connectivity index (χ1v) is 9.18. The molecule has 7 heteroatoms. The highest BCUT2D eigenvalue weighted by atomic mass is 35.5. The van der Waals surface area contributed by atoms with Gasteiger partial charge in [0.05, 0.1) is 28.3 Å². The number of hydrogen-bond donors (Lipinski definition) is 2. The van der Waals surface area contributed by atoms with E-state index in [1.54, 1.807) is 43.3 Å². The Morgan fingerprint density at radius 1 is 1.11 bits per heavy atom. The zero-order valence-electron chi connectivity index (χ0n) is 14.9. The van der Waals surface area contributed by atoms with Crippen molar-refractivity contribution in [2.75, 3.05) is 18.9 Å². The highest BCUT2D eigenvalue weighted by Crippen LogP contribution is 2.29. The van der Waals surface area contributed by atoms with Crippen LogP contribution in [0.3, 0.4) is 0 Å². The van der Waals surface area contributed by atoms with Gasteiger partial charge in [-0.25, -0.2) is 0 Å². The first-order valence-electron chi connectivity index (χ1n) is 8.43. The number of anilines is 1. The number of Topliss-reactive ketones (excluding diaryl/α,β-unsaturated/α-hetero) is 1. The molecule has 0 aliphatic rings. The molecule has 1 unspecified atom stereocenters. The van der Waals surface area contributed by atoms with E-state index in [4.69, 9.17) is 23.2 Å². The monoisotopic (exact) mass is 403 g/mol. The van der Waals surface area contributed by atoms with Crippen molar-refractivity contribution in [2.45, 2.75) is 13.0 Å². The summed E-state index contributed by atoms with van der Waals surface area (Å²) in [4.78, 5) is 30.0. The van der Waals surface area contributed by atoms with E-state index in [1.807, 2.05) is 24.3 Å². The summed E-state index contributed by atoms with van der Waals surface area (Å²) < 4.78 is 0. The number of likely N-dealkylation sites (N-methyl/N-ethyl adjacent to an activating group) is 1. The summed E-state index contributed by atoms with van der Waals surface area (Å²) in [5, 5.41) is 4.30. The maximum atomic E-state index is 12.9. The Labute approximate surface area is 167 Å². The fourth-order valence-corrected chi connectivity index (χ4v) is 3.35. The number of aromatic amines is 1. The molecule has 27 heavy (non-hydrogen) atoms. The summed E-state index contributed by atoms with van der Waals surface area (Å²) in [5.41, 5.74) is 1.89. The Morgan fingerprint density at radius 2 is 1.78 bits per heavy atom. The fraction of sp³-hybridized carbons (Fsp3) is 0.200. The zero-order valence-corrected chi connectivity index (χ0v) is 16.4. The van der Waals surface area contributed by atoms with Crippen LogP contribution in [0.4, 0.5) is 5.69 Å². The summed E-state index contributed by atoms with van der Waals surface area (Å²) in [7, 11) is 1.73. The molecule has 0 saturated heterocycles. The van der Waals surface area contributed by atoms with Crippen LogP contribution in [0.5, 0.6) is 0 Å². The lowest BCUT2D eigenvalue weighted by molar-refractivity contribution is -0.117. The molecular formula is C20H19Cl2N3O2. The Balaban J connectivity index is 1.69. The lowest BCUT2D eigenvalue weighted by Crippen LogP contribution is -2.40. The second-order valence-electron chi connectivity index (χ2n) is 6.35. The molecule has 1 heterocycles. The van der Waals surface area contributed by atoms with Crippen LogP contribution in [0.15, 0.2) is 48.7 Å². The summed E-state index contributed by atoms with van der Waals surface area (Å²) in [6.45, 7) is 1.80. The van der Waals surface area contributed by atoms with Gasteiger partial charge in [-0.1, -0.05) is 47.5 Å². The first-order chi connectivity index (χ1) is 12.9. The third-order valence-electron chi connectivity index (χ3n) is 4.52. The van der Waals surface area contributed by atoms with Crippen LogP contribution in [0.1, 0.15) is 17.3 Å². The molecular weight excluding hydrogens is 385 g/mol. The van der Waals surface area contributed by atoms with Crippen LogP contribution in [0.2, 0.25) is 10.0 Å². The van der Waals surface area contributed by atoms with E-state index >= 15 is 0 Å². The minimum Gasteiger partial charge on any atom is -0.360 e. The molecule has 3 aromatic rings. The molecule has 1 amide bonds. The number of hydrogen-bond acceptors (Lipinski definition) is 3. The van der Waals surface area contributed by atoms with Gasteiger partial charge in [0, 0.05) is 22.7 Å². The minimum atomic E-state index is -0.475. The van der Waals surface area contributed by atoms with Crippen molar-refractivity contribution in [3.05, 3.63) is 64.3 Å². The molecule has 0 aliphatic carbocycles. The Kier molecular flexibility index (Phi) is 5.85. The number of carbonyl (C=O) groups excluding carboxylic acids is 2. The molecule has 2 aromatic carbocycles. The number of carbonyl (C=O) groups is 2. The molecule has 0 fully saturated rings. The number of nitrogens with zero attached hydrogens (tertiary/aromatic N) is 1. The molecule has 0 radical (unpaired) electrons. The summed E-state index contributed by atoms with van der Waals surface area (Å²) in [6.07, 6.45) is 1.71. The maximum absolute atomic E-state index is 12.9. The van der Waals surface area contributed by atoms with E-state index in [0.717, 1.165) is 10.9 Å². The van der Waals surface area contributed by atoms with Gasteiger partial charge in [-0.15, -0.1) is 0 Å². The normalized spacial score (nSPS) is 12.3. The number of H-pyrrole nitrogens is 1. The topological polar surface area (TPSA) is 65.2 Å². The largest absolute Gasteiger partial charge is 0.360 e. The highest BCUT2D eigenvalue weighted by Gasteiger charge is 2.24. The Hall–Kier alpha value is -2.34. The fourth-order valence-electron chi connectivity index (χ4n) is 2.86. The van der Waals surface area contributed by atoms with Gasteiger partial charge in [-0.05, 0) is 32.2 Å². The molecule has 2 N–H and O–H groups in total. The van der Waals surface area contributed by atoms with Gasteiger partial charge in [0.25, 0.3) is 0 Å². The quantitative estimate of drug-likeness (QED) is 0.590. The number of ketones is 1. The van der Waals surface area contributed by atoms with Gasteiger partial charge >= 0.3 is 0 Å². The molecule has 0 spiro atoms. The molecule has 1 aromatic heterocycles. The number of para-hydroxylation sites is 2. The second kappa shape index (κ2) is 8.13. The van der Waals surface area contributed by atoms with Crippen LogP contribution < -0.4 is 5.32 Å². The van der Waals surface area contributed by atoms with E-state index in [9.17, 15) is 9.59 Å². The van der Waals surface area contributed by atoms with Gasteiger partial charge in [0.1, 0.15) is 0 Å². The van der Waals surface area contributed by atoms with Crippen molar-refractivity contribution in [1.29, 1.82) is 0 Å².